The number of nitrogen functional groups attached to an aromatic ring is 1. The molecule has 2 N–H and O–H groups in total. The summed E-state index contributed by atoms with van der Waals surface area (Å²) >= 11 is 3.35. The van der Waals surface area contributed by atoms with Crippen molar-refractivity contribution in [2.24, 2.45) is 0 Å². The molecule has 0 bridgehead atoms. The zero-order chi connectivity index (χ0) is 14.7. The van der Waals surface area contributed by atoms with E-state index in [0.29, 0.717) is 28.3 Å². The number of ketones is 1. The van der Waals surface area contributed by atoms with Gasteiger partial charge in [0.15, 0.2) is 5.78 Å². The number of hydrogen-bond acceptors (Lipinski definition) is 4. The van der Waals surface area contributed by atoms with E-state index in [1.807, 2.05) is 6.07 Å². The van der Waals surface area contributed by atoms with Crippen molar-refractivity contribution in [2.75, 3.05) is 20.0 Å². The molecule has 0 heterocycles. The van der Waals surface area contributed by atoms with Crippen LogP contribution in [0.5, 0.6) is 11.5 Å². The topological polar surface area (TPSA) is 61.5 Å². The molecule has 0 aliphatic carbocycles. The quantitative estimate of drug-likeness (QED) is 0.688. The van der Waals surface area contributed by atoms with Crippen LogP contribution in [0.1, 0.15) is 15.9 Å². The molecule has 20 heavy (non-hydrogen) atoms. The fourth-order valence-electron chi connectivity index (χ4n) is 1.86. The third kappa shape index (κ3) is 2.77. The number of rotatable bonds is 4. The highest BCUT2D eigenvalue weighted by Crippen LogP contribution is 2.28. The second kappa shape index (κ2) is 5.96. The normalized spacial score (nSPS) is 10.2. The van der Waals surface area contributed by atoms with E-state index < -0.39 is 0 Å². The summed E-state index contributed by atoms with van der Waals surface area (Å²) in [6.45, 7) is 0. The van der Waals surface area contributed by atoms with Gasteiger partial charge in [-0.2, -0.15) is 0 Å². The van der Waals surface area contributed by atoms with Gasteiger partial charge in [-0.15, -0.1) is 0 Å². The number of benzene rings is 2. The minimum absolute atomic E-state index is 0.209. The first kappa shape index (κ1) is 14.4. The van der Waals surface area contributed by atoms with Crippen LogP contribution in [0.3, 0.4) is 0 Å². The van der Waals surface area contributed by atoms with Crippen molar-refractivity contribution in [1.29, 1.82) is 0 Å². The number of nitrogens with two attached hydrogens (primary N) is 1. The smallest absolute Gasteiger partial charge is 0.198 e. The summed E-state index contributed by atoms with van der Waals surface area (Å²) < 4.78 is 11.1. The van der Waals surface area contributed by atoms with Crippen LogP contribution in [0.15, 0.2) is 40.9 Å². The summed E-state index contributed by atoms with van der Waals surface area (Å²) in [6, 6.07) is 10.2. The zero-order valence-corrected chi connectivity index (χ0v) is 12.7. The van der Waals surface area contributed by atoms with Crippen LogP contribution in [0.2, 0.25) is 0 Å². The third-order valence-corrected chi connectivity index (χ3v) is 3.40. The fourth-order valence-corrected chi connectivity index (χ4v) is 2.22. The van der Waals surface area contributed by atoms with Crippen molar-refractivity contribution in [3.05, 3.63) is 52.0 Å². The maximum Gasteiger partial charge on any atom is 0.198 e. The van der Waals surface area contributed by atoms with E-state index in [9.17, 15) is 4.79 Å². The Labute approximate surface area is 125 Å². The molecule has 2 rings (SSSR count). The summed E-state index contributed by atoms with van der Waals surface area (Å²) in [6.07, 6.45) is 0. The number of anilines is 1. The second-order valence-corrected chi connectivity index (χ2v) is 5.04. The Balaban J connectivity index is 2.53. The van der Waals surface area contributed by atoms with Crippen LogP contribution in [0.4, 0.5) is 5.69 Å². The maximum absolute atomic E-state index is 12.6. The van der Waals surface area contributed by atoms with E-state index in [4.69, 9.17) is 15.2 Å². The molecule has 0 amide bonds. The molecule has 104 valence electrons. The van der Waals surface area contributed by atoms with Gasteiger partial charge in [0.1, 0.15) is 11.5 Å². The summed E-state index contributed by atoms with van der Waals surface area (Å²) in [7, 11) is 3.06. The lowest BCUT2D eigenvalue weighted by Crippen LogP contribution is -2.07. The monoisotopic (exact) mass is 335 g/mol. The first-order chi connectivity index (χ1) is 9.56. The number of methoxy groups -OCH3 is 2. The molecule has 5 heteroatoms. The van der Waals surface area contributed by atoms with E-state index in [1.54, 1.807) is 37.4 Å². The lowest BCUT2D eigenvalue weighted by atomic mass is 10.0. The molecular weight excluding hydrogens is 322 g/mol. The highest BCUT2D eigenvalue weighted by Gasteiger charge is 2.18. The molecule has 0 saturated carbocycles. The summed E-state index contributed by atoms with van der Waals surface area (Å²) in [4.78, 5) is 12.6. The molecule has 4 nitrogen and oxygen atoms in total. The highest BCUT2D eigenvalue weighted by atomic mass is 79.9. The van der Waals surface area contributed by atoms with Crippen molar-refractivity contribution in [2.45, 2.75) is 0 Å². The Kier molecular flexibility index (Phi) is 4.29. The van der Waals surface area contributed by atoms with Crippen LogP contribution >= 0.6 is 15.9 Å². The minimum atomic E-state index is -0.209. The third-order valence-electron chi connectivity index (χ3n) is 2.91. The highest BCUT2D eigenvalue weighted by molar-refractivity contribution is 9.10. The van der Waals surface area contributed by atoms with Gasteiger partial charge < -0.3 is 15.2 Å². The Bertz CT molecular complexity index is 656. The number of halogens is 1. The predicted octanol–water partition coefficient (Wildman–Crippen LogP) is 3.28. The lowest BCUT2D eigenvalue weighted by molar-refractivity contribution is 0.103. The van der Waals surface area contributed by atoms with Gasteiger partial charge in [-0.1, -0.05) is 15.9 Å². The van der Waals surface area contributed by atoms with Gasteiger partial charge in [0, 0.05) is 15.7 Å². The van der Waals surface area contributed by atoms with E-state index in [0.717, 1.165) is 4.47 Å². The van der Waals surface area contributed by atoms with Crippen LogP contribution in [0, 0.1) is 0 Å². The molecule has 0 radical (unpaired) electrons. The Hall–Kier alpha value is -2.01. The number of ether oxygens (including phenoxy) is 2. The second-order valence-electron chi connectivity index (χ2n) is 4.13. The molecule has 0 unspecified atom stereocenters. The molecule has 2 aromatic rings. The molecule has 2 aromatic carbocycles. The zero-order valence-electron chi connectivity index (χ0n) is 11.1. The largest absolute Gasteiger partial charge is 0.497 e. The Morgan fingerprint density at radius 2 is 1.80 bits per heavy atom. The van der Waals surface area contributed by atoms with Crippen molar-refractivity contribution >= 4 is 27.4 Å². The molecule has 0 spiro atoms. The maximum atomic E-state index is 12.6. The van der Waals surface area contributed by atoms with Gasteiger partial charge in [0.2, 0.25) is 0 Å². The summed E-state index contributed by atoms with van der Waals surface area (Å²) in [5, 5.41) is 0. The Morgan fingerprint density at radius 1 is 1.05 bits per heavy atom. The van der Waals surface area contributed by atoms with Crippen LogP contribution in [-0.4, -0.2) is 20.0 Å². The van der Waals surface area contributed by atoms with E-state index in [2.05, 4.69) is 15.9 Å². The molecular formula is C15H14BrNO3. The van der Waals surface area contributed by atoms with Crippen molar-refractivity contribution in [3.63, 3.8) is 0 Å². The molecule has 0 saturated heterocycles. The number of carbonyl (C=O) groups excluding carboxylic acids is 1. The number of carbonyl (C=O) groups is 1. The van der Waals surface area contributed by atoms with E-state index >= 15 is 0 Å². The van der Waals surface area contributed by atoms with Crippen molar-refractivity contribution in [1.82, 2.24) is 0 Å². The number of hydrogen-bond donors (Lipinski definition) is 1. The van der Waals surface area contributed by atoms with Crippen LogP contribution < -0.4 is 15.2 Å². The predicted molar refractivity (Wildman–Crippen MR) is 81.5 cm³/mol. The lowest BCUT2D eigenvalue weighted by Gasteiger charge is -2.11. The van der Waals surface area contributed by atoms with Gasteiger partial charge in [-0.25, -0.2) is 0 Å². The standard InChI is InChI=1S/C15H14BrNO3/c1-19-10-4-5-13(17)11(8-10)15(18)12-7-9(16)3-6-14(12)20-2/h3-8H,17H2,1-2H3. The molecule has 0 aromatic heterocycles. The summed E-state index contributed by atoms with van der Waals surface area (Å²) in [5.74, 6) is 0.872. The first-order valence-corrected chi connectivity index (χ1v) is 6.68. The van der Waals surface area contributed by atoms with E-state index in [1.165, 1.54) is 7.11 Å². The fraction of sp³-hybridized carbons (Fsp3) is 0.133. The van der Waals surface area contributed by atoms with Crippen LogP contribution in [-0.2, 0) is 0 Å². The van der Waals surface area contributed by atoms with Gasteiger partial charge in [0.25, 0.3) is 0 Å². The average molecular weight is 336 g/mol. The van der Waals surface area contributed by atoms with Crippen LogP contribution in [0.25, 0.3) is 0 Å². The van der Waals surface area contributed by atoms with Gasteiger partial charge in [-0.05, 0) is 36.4 Å². The molecule has 0 atom stereocenters. The van der Waals surface area contributed by atoms with Gasteiger partial charge in [0.05, 0.1) is 19.8 Å². The van der Waals surface area contributed by atoms with Gasteiger partial charge >= 0.3 is 0 Å². The average Bonchev–Trinajstić information content (AvgIpc) is 2.47. The molecule has 0 fully saturated rings. The first-order valence-electron chi connectivity index (χ1n) is 5.88. The summed E-state index contributed by atoms with van der Waals surface area (Å²) in [5.41, 5.74) is 7.12. The van der Waals surface area contributed by atoms with E-state index in [-0.39, 0.29) is 5.78 Å². The van der Waals surface area contributed by atoms with Crippen molar-refractivity contribution < 1.29 is 14.3 Å². The molecule has 0 aliphatic rings. The minimum Gasteiger partial charge on any atom is -0.497 e. The van der Waals surface area contributed by atoms with Gasteiger partial charge in [-0.3, -0.25) is 4.79 Å². The van der Waals surface area contributed by atoms with Crippen molar-refractivity contribution in [3.8, 4) is 11.5 Å². The SMILES string of the molecule is COc1ccc(N)c(C(=O)c2cc(Br)ccc2OC)c1. The molecule has 0 aliphatic heterocycles. The Morgan fingerprint density at radius 3 is 2.45 bits per heavy atom.